The first-order valence-electron chi connectivity index (χ1n) is 9.53. The van der Waals surface area contributed by atoms with Crippen LogP contribution in [0.15, 0.2) is 24.3 Å². The highest BCUT2D eigenvalue weighted by Crippen LogP contribution is 2.24. The lowest BCUT2D eigenvalue weighted by Gasteiger charge is -2.34. The first kappa shape index (κ1) is 20.4. The molecule has 0 aromatic heterocycles. The SMILES string of the molecule is CCCN(CCC)C(=O)c1ccc(NC(=O)C2(OC)CCNCC2)cc1. The van der Waals surface area contributed by atoms with E-state index in [4.69, 9.17) is 4.74 Å². The summed E-state index contributed by atoms with van der Waals surface area (Å²) in [5, 5.41) is 6.17. The Bertz CT molecular complexity index is 589. The van der Waals surface area contributed by atoms with Crippen LogP contribution in [0.25, 0.3) is 0 Å². The van der Waals surface area contributed by atoms with Gasteiger partial charge in [0.25, 0.3) is 11.8 Å². The minimum absolute atomic E-state index is 0.0401. The largest absolute Gasteiger partial charge is 0.368 e. The van der Waals surface area contributed by atoms with E-state index in [1.54, 1.807) is 31.4 Å². The van der Waals surface area contributed by atoms with E-state index in [1.807, 2.05) is 4.90 Å². The van der Waals surface area contributed by atoms with Gasteiger partial charge in [-0.25, -0.2) is 0 Å². The quantitative estimate of drug-likeness (QED) is 0.747. The Hall–Kier alpha value is -1.92. The molecule has 26 heavy (non-hydrogen) atoms. The third-order valence-electron chi connectivity index (χ3n) is 4.88. The molecular formula is C20H31N3O3. The molecule has 1 heterocycles. The number of rotatable bonds is 8. The zero-order chi connectivity index (χ0) is 19.0. The highest BCUT2D eigenvalue weighted by Gasteiger charge is 2.39. The van der Waals surface area contributed by atoms with Crippen LogP contribution < -0.4 is 10.6 Å². The maximum absolute atomic E-state index is 12.7. The molecule has 0 bridgehead atoms. The molecule has 144 valence electrons. The topological polar surface area (TPSA) is 70.7 Å². The number of carbonyl (C=O) groups is 2. The fraction of sp³-hybridized carbons (Fsp3) is 0.600. The van der Waals surface area contributed by atoms with Gasteiger partial charge in [-0.3, -0.25) is 9.59 Å². The van der Waals surface area contributed by atoms with Crippen LogP contribution in [-0.2, 0) is 9.53 Å². The second-order valence-electron chi connectivity index (χ2n) is 6.77. The van der Waals surface area contributed by atoms with Gasteiger partial charge in [-0.15, -0.1) is 0 Å². The predicted octanol–water partition coefficient (Wildman–Crippen LogP) is 2.66. The molecule has 6 nitrogen and oxygen atoms in total. The third-order valence-corrected chi connectivity index (χ3v) is 4.88. The average molecular weight is 361 g/mol. The highest BCUT2D eigenvalue weighted by atomic mass is 16.5. The summed E-state index contributed by atoms with van der Waals surface area (Å²) in [6.07, 6.45) is 3.17. The average Bonchev–Trinajstić information content (AvgIpc) is 2.68. The maximum Gasteiger partial charge on any atom is 0.256 e. The number of nitrogens with zero attached hydrogens (tertiary/aromatic N) is 1. The fourth-order valence-corrected chi connectivity index (χ4v) is 3.33. The molecule has 0 radical (unpaired) electrons. The molecule has 2 N–H and O–H groups in total. The van der Waals surface area contributed by atoms with Gasteiger partial charge in [-0.05, 0) is 63.0 Å². The lowest BCUT2D eigenvalue weighted by atomic mass is 9.91. The number of anilines is 1. The molecule has 0 aliphatic carbocycles. The zero-order valence-electron chi connectivity index (χ0n) is 16.1. The van der Waals surface area contributed by atoms with Crippen molar-refractivity contribution in [2.24, 2.45) is 0 Å². The summed E-state index contributed by atoms with van der Waals surface area (Å²) < 4.78 is 5.55. The zero-order valence-corrected chi connectivity index (χ0v) is 16.1. The lowest BCUT2D eigenvalue weighted by molar-refractivity contribution is -0.140. The minimum atomic E-state index is -0.779. The van der Waals surface area contributed by atoms with Crippen LogP contribution in [0.4, 0.5) is 5.69 Å². The molecule has 6 heteroatoms. The van der Waals surface area contributed by atoms with Gasteiger partial charge in [0.15, 0.2) is 0 Å². The van der Waals surface area contributed by atoms with E-state index < -0.39 is 5.60 Å². The normalized spacial score (nSPS) is 16.1. The Morgan fingerprint density at radius 2 is 1.69 bits per heavy atom. The van der Waals surface area contributed by atoms with Gasteiger partial charge < -0.3 is 20.3 Å². The smallest absolute Gasteiger partial charge is 0.256 e. The summed E-state index contributed by atoms with van der Waals surface area (Å²) >= 11 is 0. The molecule has 1 aromatic rings. The van der Waals surface area contributed by atoms with E-state index in [2.05, 4.69) is 24.5 Å². The third kappa shape index (κ3) is 4.83. The van der Waals surface area contributed by atoms with Gasteiger partial charge in [0.1, 0.15) is 5.60 Å². The van der Waals surface area contributed by atoms with Crippen molar-refractivity contribution in [3.8, 4) is 0 Å². The van der Waals surface area contributed by atoms with Crippen molar-refractivity contribution in [3.63, 3.8) is 0 Å². The van der Waals surface area contributed by atoms with Crippen LogP contribution >= 0.6 is 0 Å². The molecule has 2 rings (SSSR count). The number of methoxy groups -OCH3 is 1. The van der Waals surface area contributed by atoms with Crippen LogP contribution in [0.5, 0.6) is 0 Å². The first-order valence-corrected chi connectivity index (χ1v) is 9.53. The van der Waals surface area contributed by atoms with E-state index in [9.17, 15) is 9.59 Å². The van der Waals surface area contributed by atoms with E-state index in [0.29, 0.717) is 24.1 Å². The van der Waals surface area contributed by atoms with Crippen molar-refractivity contribution >= 4 is 17.5 Å². The Kier molecular flexibility index (Phi) is 7.60. The molecule has 0 atom stereocenters. The van der Waals surface area contributed by atoms with Gasteiger partial charge in [0, 0.05) is 31.5 Å². The number of benzene rings is 1. The molecule has 0 saturated carbocycles. The molecule has 1 aliphatic rings. The number of amides is 2. The van der Waals surface area contributed by atoms with Crippen molar-refractivity contribution < 1.29 is 14.3 Å². The minimum Gasteiger partial charge on any atom is -0.368 e. The Morgan fingerprint density at radius 3 is 2.19 bits per heavy atom. The predicted molar refractivity (Wildman–Crippen MR) is 103 cm³/mol. The van der Waals surface area contributed by atoms with Crippen LogP contribution in [-0.4, -0.2) is 55.6 Å². The summed E-state index contributed by atoms with van der Waals surface area (Å²) in [5.74, 6) is -0.0857. The Labute approximate surface area is 156 Å². The number of piperidine rings is 1. The van der Waals surface area contributed by atoms with Crippen molar-refractivity contribution in [1.29, 1.82) is 0 Å². The summed E-state index contributed by atoms with van der Waals surface area (Å²) in [4.78, 5) is 27.2. The maximum atomic E-state index is 12.7. The number of nitrogens with one attached hydrogen (secondary N) is 2. The summed E-state index contributed by atoms with van der Waals surface area (Å²) in [6, 6.07) is 7.12. The van der Waals surface area contributed by atoms with Gasteiger partial charge in [0.2, 0.25) is 0 Å². The molecule has 2 amide bonds. The monoisotopic (exact) mass is 361 g/mol. The van der Waals surface area contributed by atoms with E-state index in [1.165, 1.54) is 0 Å². The number of ether oxygens (including phenoxy) is 1. The van der Waals surface area contributed by atoms with Crippen LogP contribution in [0.1, 0.15) is 49.9 Å². The first-order chi connectivity index (χ1) is 12.6. The van der Waals surface area contributed by atoms with Crippen LogP contribution in [0.2, 0.25) is 0 Å². The van der Waals surface area contributed by atoms with Crippen molar-refractivity contribution in [1.82, 2.24) is 10.2 Å². The van der Waals surface area contributed by atoms with Crippen molar-refractivity contribution in [3.05, 3.63) is 29.8 Å². The summed E-state index contributed by atoms with van der Waals surface area (Å²) in [5.41, 5.74) is 0.547. The Balaban J connectivity index is 2.04. The number of hydrogen-bond donors (Lipinski definition) is 2. The van der Waals surface area contributed by atoms with Gasteiger partial charge >= 0.3 is 0 Å². The van der Waals surface area contributed by atoms with Gasteiger partial charge in [-0.2, -0.15) is 0 Å². The highest BCUT2D eigenvalue weighted by molar-refractivity contribution is 5.98. The van der Waals surface area contributed by atoms with Crippen molar-refractivity contribution in [2.75, 3.05) is 38.6 Å². The molecule has 0 spiro atoms. The molecule has 1 aromatic carbocycles. The standard InChI is InChI=1S/C20H31N3O3/c1-4-14-23(15-5-2)18(24)16-6-8-17(9-7-16)22-19(25)20(26-3)10-12-21-13-11-20/h6-9,21H,4-5,10-15H2,1-3H3,(H,22,25). The van der Waals surface area contributed by atoms with E-state index >= 15 is 0 Å². The molecule has 1 fully saturated rings. The number of hydrogen-bond acceptors (Lipinski definition) is 4. The molecule has 1 saturated heterocycles. The van der Waals surface area contributed by atoms with Crippen molar-refractivity contribution in [2.45, 2.75) is 45.1 Å². The number of carbonyl (C=O) groups excluding carboxylic acids is 2. The lowest BCUT2D eigenvalue weighted by Crippen LogP contribution is -2.51. The van der Waals surface area contributed by atoms with Gasteiger partial charge in [-0.1, -0.05) is 13.8 Å². The van der Waals surface area contributed by atoms with Gasteiger partial charge in [0.05, 0.1) is 0 Å². The molecular weight excluding hydrogens is 330 g/mol. The molecule has 1 aliphatic heterocycles. The fourth-order valence-electron chi connectivity index (χ4n) is 3.33. The second-order valence-corrected chi connectivity index (χ2v) is 6.77. The van der Waals surface area contributed by atoms with Crippen LogP contribution in [0, 0.1) is 0 Å². The van der Waals surface area contributed by atoms with E-state index in [-0.39, 0.29) is 11.8 Å². The summed E-state index contributed by atoms with van der Waals surface area (Å²) in [6.45, 7) is 7.19. The summed E-state index contributed by atoms with van der Waals surface area (Å²) in [7, 11) is 1.59. The Morgan fingerprint density at radius 1 is 1.12 bits per heavy atom. The van der Waals surface area contributed by atoms with E-state index in [0.717, 1.165) is 39.0 Å². The molecule has 0 unspecified atom stereocenters. The van der Waals surface area contributed by atoms with Crippen LogP contribution in [0.3, 0.4) is 0 Å². The second kappa shape index (κ2) is 9.69.